The van der Waals surface area contributed by atoms with Crippen LogP contribution in [-0.4, -0.2) is 0 Å². The molecule has 3 heteroatoms. The van der Waals surface area contributed by atoms with Crippen LogP contribution in [0.4, 0.5) is 0 Å². The molecule has 4 aromatic carbocycles. The minimum Gasteiger partial charge on any atom is -0.147 e. The molecule has 4 aromatic rings. The molecule has 7 rings (SSSR count). The van der Waals surface area contributed by atoms with Crippen molar-refractivity contribution in [2.75, 3.05) is 0 Å². The van der Waals surface area contributed by atoms with Gasteiger partial charge in [-0.15, -0.1) is 24.8 Å². The molecule has 0 nitrogen and oxygen atoms in total. The van der Waals surface area contributed by atoms with E-state index in [0.717, 1.165) is 0 Å². The van der Waals surface area contributed by atoms with Crippen LogP contribution < -0.4 is 0 Å². The summed E-state index contributed by atoms with van der Waals surface area (Å²) in [6.07, 6.45) is 6.82. The molecule has 0 spiro atoms. The molecular weight excluding hydrogens is 934 g/mol. The van der Waals surface area contributed by atoms with Crippen molar-refractivity contribution in [2.45, 2.75) is 168 Å². The average molecular weight is 1010 g/mol. The molecular formula is C57H78Cl2Hf. The van der Waals surface area contributed by atoms with Crippen LogP contribution in [0.1, 0.15) is 183 Å². The molecule has 2 atom stereocenters. The van der Waals surface area contributed by atoms with Gasteiger partial charge >= 0.3 is 362 Å². The summed E-state index contributed by atoms with van der Waals surface area (Å²) < 4.78 is 4.09. The summed E-state index contributed by atoms with van der Waals surface area (Å²) in [6, 6.07) is 29.8. The van der Waals surface area contributed by atoms with Gasteiger partial charge in [-0.25, -0.2) is 0 Å². The summed E-state index contributed by atoms with van der Waals surface area (Å²) in [6.45, 7) is 43.4. The minimum atomic E-state index is -3.37. The first kappa shape index (κ1) is 48.8. The maximum atomic E-state index is 2.72. The first-order valence-corrected chi connectivity index (χ1v) is 31.8. The molecule has 1 saturated heterocycles. The second kappa shape index (κ2) is 16.1. The first-order chi connectivity index (χ1) is 26.5. The Morgan fingerprint density at radius 1 is 0.400 bits per heavy atom. The zero-order valence-electron chi connectivity index (χ0n) is 40.7. The Morgan fingerprint density at radius 3 is 0.933 bits per heavy atom. The second-order valence-electron chi connectivity index (χ2n) is 24.9. The molecule has 2 aliphatic carbocycles. The molecule has 1 aliphatic heterocycles. The Kier molecular flexibility index (Phi) is 13.1. The van der Waals surface area contributed by atoms with Gasteiger partial charge in [0.1, 0.15) is 0 Å². The average Bonchev–Trinajstić information content (AvgIpc) is 3.67. The van der Waals surface area contributed by atoms with Gasteiger partial charge < -0.3 is 0 Å². The van der Waals surface area contributed by atoms with Gasteiger partial charge in [0.25, 0.3) is 0 Å². The van der Waals surface area contributed by atoms with Crippen LogP contribution in [0.3, 0.4) is 0 Å². The van der Waals surface area contributed by atoms with E-state index in [0.29, 0.717) is 7.35 Å². The van der Waals surface area contributed by atoms with Crippen molar-refractivity contribution in [3.8, 4) is 22.3 Å². The largest absolute Gasteiger partial charge is 0.147 e. The van der Waals surface area contributed by atoms with Crippen LogP contribution in [-0.2, 0) is 41.6 Å². The van der Waals surface area contributed by atoms with Gasteiger partial charge in [0.05, 0.1) is 0 Å². The SMILES string of the molecule is CC(C)(C)C1=Cc2c(-c3cc(C(C)(C)C)cc(C(C)(C)C)c3)cccc2[CH]1[Hf]1([CH]2C(C(C)(C)C)=Cc3c(-c4cc(C(C)(C)C)cc(C(C)(C)C)c4)cccc32)[CH2]C[CH2]1.Cl.Cl. The first-order valence-electron chi connectivity index (χ1n) is 22.5. The molecule has 60 heavy (non-hydrogen) atoms. The Balaban J connectivity index is 0.00000341. The van der Waals surface area contributed by atoms with E-state index in [-0.39, 0.29) is 57.3 Å². The molecule has 324 valence electrons. The van der Waals surface area contributed by atoms with Crippen molar-refractivity contribution < 1.29 is 20.0 Å². The van der Waals surface area contributed by atoms with Gasteiger partial charge in [0.2, 0.25) is 0 Å². The van der Waals surface area contributed by atoms with Crippen molar-refractivity contribution in [3.05, 3.63) is 128 Å². The van der Waals surface area contributed by atoms with Crippen LogP contribution in [0, 0.1) is 10.8 Å². The molecule has 1 fully saturated rings. The number of halogens is 2. The number of fused-ring (bicyclic) bond motifs is 2. The number of benzene rings is 4. The molecule has 0 saturated carbocycles. The topological polar surface area (TPSA) is 0 Å². The molecule has 1 heterocycles. The third-order valence-corrected chi connectivity index (χ3v) is 36.2. The van der Waals surface area contributed by atoms with Crippen LogP contribution in [0.15, 0.2) is 83.9 Å². The number of hydrogen-bond donors (Lipinski definition) is 0. The Bertz CT molecular complexity index is 2100. The normalized spacial score (nSPS) is 19.0. The number of allylic oxidation sites excluding steroid dienone is 2. The van der Waals surface area contributed by atoms with Crippen LogP contribution >= 0.6 is 24.8 Å². The van der Waals surface area contributed by atoms with E-state index in [1.807, 2.05) is 0 Å². The fraction of sp³-hybridized carbons (Fsp3) is 0.509. The summed E-state index contributed by atoms with van der Waals surface area (Å²) in [5.74, 6) is 0. The third kappa shape index (κ3) is 8.83. The van der Waals surface area contributed by atoms with Gasteiger partial charge in [0.15, 0.2) is 0 Å². The monoisotopic (exact) mass is 1010 g/mol. The molecule has 0 aromatic heterocycles. The summed E-state index contributed by atoms with van der Waals surface area (Å²) >= 11 is -3.37. The van der Waals surface area contributed by atoms with Crippen molar-refractivity contribution in [1.82, 2.24) is 0 Å². The van der Waals surface area contributed by atoms with Gasteiger partial charge in [-0.3, -0.25) is 0 Å². The van der Waals surface area contributed by atoms with E-state index in [1.165, 1.54) is 70.4 Å². The van der Waals surface area contributed by atoms with Crippen LogP contribution in [0.5, 0.6) is 0 Å². The predicted octanol–water partition coefficient (Wildman–Crippen LogP) is 18.1. The van der Waals surface area contributed by atoms with Gasteiger partial charge in [-0.1, -0.05) is 0 Å². The summed E-state index contributed by atoms with van der Waals surface area (Å²) in [5, 5.41) is 0. The van der Waals surface area contributed by atoms with E-state index >= 15 is 0 Å². The van der Waals surface area contributed by atoms with Crippen molar-refractivity contribution in [3.63, 3.8) is 0 Å². The van der Waals surface area contributed by atoms with E-state index < -0.39 is 20.0 Å². The molecule has 0 N–H and O–H groups in total. The molecule has 0 bridgehead atoms. The van der Waals surface area contributed by atoms with Crippen LogP contribution in [0.25, 0.3) is 34.4 Å². The maximum Gasteiger partial charge on any atom is -0.147 e. The molecule has 2 unspecified atom stereocenters. The quantitative estimate of drug-likeness (QED) is 0.179. The molecule has 3 aliphatic rings. The predicted molar refractivity (Wildman–Crippen MR) is 268 cm³/mol. The third-order valence-electron chi connectivity index (χ3n) is 14.2. The number of hydrogen-bond acceptors (Lipinski definition) is 0. The Morgan fingerprint density at radius 2 is 0.700 bits per heavy atom. The van der Waals surface area contributed by atoms with E-state index in [4.69, 9.17) is 0 Å². The van der Waals surface area contributed by atoms with Gasteiger partial charge in [-0.05, 0) is 0 Å². The Labute approximate surface area is 384 Å². The van der Waals surface area contributed by atoms with Crippen molar-refractivity contribution in [1.29, 1.82) is 0 Å². The van der Waals surface area contributed by atoms with E-state index in [1.54, 1.807) is 22.3 Å². The van der Waals surface area contributed by atoms with Crippen LogP contribution in [0.2, 0.25) is 8.35 Å². The summed E-state index contributed by atoms with van der Waals surface area (Å²) in [7, 11) is 0. The van der Waals surface area contributed by atoms with Crippen molar-refractivity contribution in [2.24, 2.45) is 10.8 Å². The minimum absolute atomic E-state index is 0. The zero-order chi connectivity index (χ0) is 42.8. The fourth-order valence-corrected chi connectivity index (χ4v) is 34.4. The maximum absolute atomic E-state index is 3.37. The van der Waals surface area contributed by atoms with E-state index in [9.17, 15) is 0 Å². The van der Waals surface area contributed by atoms with Gasteiger partial charge in [0, 0.05) is 0 Å². The zero-order valence-corrected chi connectivity index (χ0v) is 45.9. The van der Waals surface area contributed by atoms with Crippen molar-refractivity contribution >= 4 is 37.0 Å². The van der Waals surface area contributed by atoms with E-state index in [2.05, 4.69) is 210 Å². The smallest absolute Gasteiger partial charge is 0.147 e. The molecule has 0 amide bonds. The second-order valence-corrected chi connectivity index (χ2v) is 41.5. The standard InChI is InChI=1S/2C27H35.C3H6.2ClH.Hf/c2*1-25(2,3)20-14-19(15-21(16-20)26(4,5)6)23-12-10-11-18-13-22(17-24(18)23)27(7,8)9;1-3-2;;;/h2*10-17H,1-9H3;1-3H2;2*1H;. The fourth-order valence-electron chi connectivity index (χ4n) is 10.5. The molecule has 0 radical (unpaired) electrons. The Hall–Kier alpha value is -2.19. The summed E-state index contributed by atoms with van der Waals surface area (Å²) in [5.41, 5.74) is 21.5. The van der Waals surface area contributed by atoms with Gasteiger partial charge in [-0.2, -0.15) is 0 Å². The number of rotatable bonds is 4. The summed E-state index contributed by atoms with van der Waals surface area (Å²) in [4.78, 5) is 0.